The number of rotatable bonds is 7. The van der Waals surface area contributed by atoms with Crippen LogP contribution in [0.15, 0.2) is 42.5 Å². The molecule has 0 heterocycles. The fraction of sp³-hybridized carbons (Fsp3) is 0.200. The summed E-state index contributed by atoms with van der Waals surface area (Å²) in [4.78, 5) is 23.8. The number of methoxy groups -OCH3 is 2. The molecule has 0 aliphatic carbocycles. The number of carbonyl (C=O) groups is 2. The summed E-state index contributed by atoms with van der Waals surface area (Å²) in [6.07, 6.45) is 2.75. The van der Waals surface area contributed by atoms with E-state index in [1.54, 1.807) is 43.5 Å². The lowest BCUT2D eigenvalue weighted by atomic mass is 10.1. The SMILES string of the molecule is COc1ccc(OC)c(/C=C/C(=O)OCC(=O)Nc2cc(Cl)ccc2C)c1. The molecule has 27 heavy (non-hydrogen) atoms. The third-order valence-electron chi connectivity index (χ3n) is 3.66. The topological polar surface area (TPSA) is 73.9 Å². The van der Waals surface area contributed by atoms with Crippen LogP contribution >= 0.6 is 11.6 Å². The fourth-order valence-corrected chi connectivity index (χ4v) is 2.40. The van der Waals surface area contributed by atoms with Gasteiger partial charge in [0.25, 0.3) is 5.91 Å². The van der Waals surface area contributed by atoms with Crippen LogP contribution < -0.4 is 14.8 Å². The van der Waals surface area contributed by atoms with Crippen LogP contribution in [0, 0.1) is 6.92 Å². The Morgan fingerprint density at radius 1 is 1.11 bits per heavy atom. The van der Waals surface area contributed by atoms with Gasteiger partial charge in [0.2, 0.25) is 0 Å². The van der Waals surface area contributed by atoms with Crippen LogP contribution in [0.25, 0.3) is 6.08 Å². The minimum Gasteiger partial charge on any atom is -0.497 e. The highest BCUT2D eigenvalue weighted by Crippen LogP contribution is 2.25. The number of carbonyl (C=O) groups excluding carboxylic acids is 2. The molecule has 0 saturated carbocycles. The predicted octanol–water partition coefficient (Wildman–Crippen LogP) is 3.86. The Hall–Kier alpha value is -2.99. The molecule has 6 nitrogen and oxygen atoms in total. The average molecular weight is 390 g/mol. The minimum atomic E-state index is -0.655. The molecule has 2 aromatic rings. The second-order valence-electron chi connectivity index (χ2n) is 5.56. The van der Waals surface area contributed by atoms with E-state index in [9.17, 15) is 9.59 Å². The molecule has 0 atom stereocenters. The first-order valence-corrected chi connectivity index (χ1v) is 8.43. The van der Waals surface area contributed by atoms with E-state index in [-0.39, 0.29) is 0 Å². The zero-order valence-corrected chi connectivity index (χ0v) is 16.0. The number of halogens is 1. The summed E-state index contributed by atoms with van der Waals surface area (Å²) >= 11 is 5.91. The maximum absolute atomic E-state index is 11.9. The number of esters is 1. The molecule has 1 amide bonds. The highest BCUT2D eigenvalue weighted by molar-refractivity contribution is 6.31. The zero-order valence-electron chi connectivity index (χ0n) is 15.2. The Morgan fingerprint density at radius 3 is 2.59 bits per heavy atom. The third-order valence-corrected chi connectivity index (χ3v) is 3.89. The van der Waals surface area contributed by atoms with E-state index in [0.29, 0.717) is 27.8 Å². The van der Waals surface area contributed by atoms with Crippen molar-refractivity contribution in [2.24, 2.45) is 0 Å². The molecule has 0 aromatic heterocycles. The Balaban J connectivity index is 1.93. The van der Waals surface area contributed by atoms with Crippen molar-refractivity contribution in [3.8, 4) is 11.5 Å². The van der Waals surface area contributed by atoms with Crippen molar-refractivity contribution >= 4 is 35.2 Å². The molecular formula is C20H20ClNO5. The highest BCUT2D eigenvalue weighted by Gasteiger charge is 2.09. The first-order chi connectivity index (χ1) is 12.9. The fourth-order valence-electron chi connectivity index (χ4n) is 2.23. The van der Waals surface area contributed by atoms with Gasteiger partial charge in [0.1, 0.15) is 11.5 Å². The summed E-state index contributed by atoms with van der Waals surface area (Å²) in [5.74, 6) is 0.0908. The molecule has 142 valence electrons. The van der Waals surface area contributed by atoms with Crippen molar-refractivity contribution in [3.63, 3.8) is 0 Å². The number of aryl methyl sites for hydroxylation is 1. The van der Waals surface area contributed by atoms with E-state index in [2.05, 4.69) is 5.32 Å². The molecule has 0 saturated heterocycles. The minimum absolute atomic E-state index is 0.412. The van der Waals surface area contributed by atoms with E-state index < -0.39 is 18.5 Å². The quantitative estimate of drug-likeness (QED) is 0.575. The lowest BCUT2D eigenvalue weighted by Gasteiger charge is -2.09. The van der Waals surface area contributed by atoms with Crippen molar-refractivity contribution < 1.29 is 23.8 Å². The Morgan fingerprint density at radius 2 is 1.89 bits per heavy atom. The van der Waals surface area contributed by atoms with Crippen LogP contribution in [0.3, 0.4) is 0 Å². The second kappa shape index (κ2) is 9.64. The summed E-state index contributed by atoms with van der Waals surface area (Å²) in [6, 6.07) is 10.3. The Bertz CT molecular complexity index is 863. The van der Waals surface area contributed by atoms with Gasteiger partial charge in [0.15, 0.2) is 6.61 Å². The van der Waals surface area contributed by atoms with E-state index in [1.165, 1.54) is 19.3 Å². The van der Waals surface area contributed by atoms with Crippen LogP contribution in [0.1, 0.15) is 11.1 Å². The monoisotopic (exact) mass is 389 g/mol. The van der Waals surface area contributed by atoms with Gasteiger partial charge >= 0.3 is 5.97 Å². The molecule has 0 spiro atoms. The number of ether oxygens (including phenoxy) is 3. The van der Waals surface area contributed by atoms with Crippen LogP contribution in [0.2, 0.25) is 5.02 Å². The highest BCUT2D eigenvalue weighted by atomic mass is 35.5. The number of hydrogen-bond donors (Lipinski definition) is 1. The van der Waals surface area contributed by atoms with Gasteiger partial charge in [0, 0.05) is 22.3 Å². The molecule has 0 fully saturated rings. The first kappa shape index (κ1) is 20.3. The van der Waals surface area contributed by atoms with Crippen molar-refractivity contribution in [3.05, 3.63) is 58.6 Å². The molecule has 0 radical (unpaired) electrons. The van der Waals surface area contributed by atoms with Crippen molar-refractivity contribution in [2.45, 2.75) is 6.92 Å². The molecule has 2 rings (SSSR count). The van der Waals surface area contributed by atoms with Crippen molar-refractivity contribution in [2.75, 3.05) is 26.1 Å². The summed E-state index contributed by atoms with van der Waals surface area (Å²) in [5, 5.41) is 3.16. The van der Waals surface area contributed by atoms with E-state index >= 15 is 0 Å². The van der Waals surface area contributed by atoms with Crippen molar-refractivity contribution in [1.82, 2.24) is 0 Å². The van der Waals surface area contributed by atoms with Gasteiger partial charge in [-0.1, -0.05) is 17.7 Å². The smallest absolute Gasteiger partial charge is 0.331 e. The lowest BCUT2D eigenvalue weighted by Crippen LogP contribution is -2.20. The van der Waals surface area contributed by atoms with Gasteiger partial charge < -0.3 is 19.5 Å². The van der Waals surface area contributed by atoms with E-state index in [0.717, 1.165) is 5.56 Å². The number of nitrogens with one attached hydrogen (secondary N) is 1. The third kappa shape index (κ3) is 6.04. The first-order valence-electron chi connectivity index (χ1n) is 8.06. The number of benzene rings is 2. The van der Waals surface area contributed by atoms with Crippen LogP contribution in [0.4, 0.5) is 5.69 Å². The standard InChI is InChI=1S/C20H20ClNO5/c1-13-4-6-15(21)11-17(13)22-19(23)12-27-20(24)9-5-14-10-16(25-2)7-8-18(14)26-3/h4-11H,12H2,1-3H3,(H,22,23)/b9-5+. The second-order valence-corrected chi connectivity index (χ2v) is 5.99. The van der Waals surface area contributed by atoms with Gasteiger partial charge in [-0.3, -0.25) is 4.79 Å². The van der Waals surface area contributed by atoms with E-state index in [1.807, 2.05) is 6.92 Å². The van der Waals surface area contributed by atoms with Gasteiger partial charge in [-0.25, -0.2) is 4.79 Å². The molecule has 0 aliphatic heterocycles. The van der Waals surface area contributed by atoms with Gasteiger partial charge in [0.05, 0.1) is 14.2 Å². The maximum Gasteiger partial charge on any atom is 0.331 e. The van der Waals surface area contributed by atoms with Crippen LogP contribution in [-0.4, -0.2) is 32.7 Å². The van der Waals surface area contributed by atoms with Crippen LogP contribution in [-0.2, 0) is 14.3 Å². The molecule has 0 aliphatic rings. The molecule has 1 N–H and O–H groups in total. The maximum atomic E-state index is 11.9. The molecule has 0 bridgehead atoms. The van der Waals surface area contributed by atoms with Gasteiger partial charge in [-0.2, -0.15) is 0 Å². The summed E-state index contributed by atoms with van der Waals surface area (Å²) in [5.41, 5.74) is 2.07. The van der Waals surface area contributed by atoms with Gasteiger partial charge in [-0.05, 0) is 48.9 Å². The summed E-state index contributed by atoms with van der Waals surface area (Å²) < 4.78 is 15.3. The van der Waals surface area contributed by atoms with Crippen LogP contribution in [0.5, 0.6) is 11.5 Å². The number of anilines is 1. The van der Waals surface area contributed by atoms with Gasteiger partial charge in [-0.15, -0.1) is 0 Å². The number of amides is 1. The van der Waals surface area contributed by atoms with Crippen molar-refractivity contribution in [1.29, 1.82) is 0 Å². The molecular weight excluding hydrogens is 370 g/mol. The summed E-state index contributed by atoms with van der Waals surface area (Å²) in [7, 11) is 3.07. The molecule has 7 heteroatoms. The Labute approximate surface area is 162 Å². The lowest BCUT2D eigenvalue weighted by molar-refractivity contribution is -0.142. The predicted molar refractivity (Wildman–Crippen MR) is 104 cm³/mol. The molecule has 2 aromatic carbocycles. The number of hydrogen-bond acceptors (Lipinski definition) is 5. The summed E-state index contributed by atoms with van der Waals surface area (Å²) in [6.45, 7) is 1.42. The normalized spacial score (nSPS) is 10.5. The average Bonchev–Trinajstić information content (AvgIpc) is 2.67. The largest absolute Gasteiger partial charge is 0.497 e. The zero-order chi connectivity index (χ0) is 19.8. The molecule has 0 unspecified atom stereocenters. The Kier molecular flexibility index (Phi) is 7.25. The van der Waals surface area contributed by atoms with E-state index in [4.69, 9.17) is 25.8 Å².